The average molecular weight is 535 g/mol. The van der Waals surface area contributed by atoms with Crippen LogP contribution in [0, 0.1) is 11.8 Å². The Labute approximate surface area is 225 Å². The number of H-pyrrole nitrogens is 1. The minimum absolute atomic E-state index is 0.0650. The summed E-state index contributed by atoms with van der Waals surface area (Å²) in [5.74, 6) is -2.20. The van der Waals surface area contributed by atoms with E-state index in [4.69, 9.17) is 0 Å². The summed E-state index contributed by atoms with van der Waals surface area (Å²) in [6, 6.07) is 13.6. The molecule has 2 amide bonds. The van der Waals surface area contributed by atoms with Gasteiger partial charge in [0.15, 0.2) is 0 Å². The molecule has 0 saturated carbocycles. The molecule has 2 heterocycles. The summed E-state index contributed by atoms with van der Waals surface area (Å²) < 4.78 is 0.930. The normalized spacial score (nSPS) is 15.7. The van der Waals surface area contributed by atoms with Crippen molar-refractivity contribution in [3.63, 3.8) is 0 Å². The molecule has 1 aliphatic heterocycles. The third-order valence-electron chi connectivity index (χ3n) is 7.20. The zero-order valence-corrected chi connectivity index (χ0v) is 22.1. The smallest absolute Gasteiger partial charge is 0.329 e. The van der Waals surface area contributed by atoms with E-state index in [1.165, 1.54) is 0 Å². The van der Waals surface area contributed by atoms with E-state index in [9.17, 15) is 29.1 Å². The number of hydrogen-bond donors (Lipinski definition) is 3. The van der Waals surface area contributed by atoms with Crippen molar-refractivity contribution < 1.29 is 19.5 Å². The molecule has 0 aliphatic carbocycles. The molecule has 2 atom stereocenters. The van der Waals surface area contributed by atoms with Crippen LogP contribution in [0.3, 0.4) is 0 Å². The van der Waals surface area contributed by atoms with Gasteiger partial charge in [0.1, 0.15) is 12.1 Å². The Morgan fingerprint density at radius 1 is 1.00 bits per heavy atom. The molecule has 0 radical (unpaired) electrons. The maximum Gasteiger partial charge on any atom is 0.329 e. The molecule has 3 N–H and O–H groups in total. The third kappa shape index (κ3) is 6.45. The van der Waals surface area contributed by atoms with Crippen molar-refractivity contribution in [2.75, 3.05) is 13.1 Å². The zero-order chi connectivity index (χ0) is 28.1. The van der Waals surface area contributed by atoms with Gasteiger partial charge >= 0.3 is 11.7 Å². The van der Waals surface area contributed by atoms with E-state index in [1.807, 2.05) is 44.2 Å². The van der Waals surface area contributed by atoms with Crippen LogP contribution in [0.2, 0.25) is 0 Å². The largest absolute Gasteiger partial charge is 0.481 e. The van der Waals surface area contributed by atoms with E-state index < -0.39 is 41.1 Å². The Balaban J connectivity index is 1.66. The number of carboxylic acid groups (broad SMARTS) is 1. The van der Waals surface area contributed by atoms with E-state index >= 15 is 0 Å². The molecule has 10 nitrogen and oxygen atoms in total. The molecular weight excluding hydrogens is 500 g/mol. The molecule has 2 aromatic carbocycles. The minimum atomic E-state index is -1.20. The minimum Gasteiger partial charge on any atom is -0.481 e. The molecule has 1 aliphatic rings. The number of para-hydroxylation sites is 1. The van der Waals surface area contributed by atoms with Crippen LogP contribution in [0.5, 0.6) is 0 Å². The first kappa shape index (κ1) is 27.8. The molecule has 0 bridgehead atoms. The first-order chi connectivity index (χ1) is 18.7. The Morgan fingerprint density at radius 3 is 2.28 bits per heavy atom. The number of carbonyl (C=O) groups excluding carboxylic acids is 2. The van der Waals surface area contributed by atoms with Crippen LogP contribution in [0.15, 0.2) is 64.2 Å². The second-order valence-corrected chi connectivity index (χ2v) is 10.5. The SMILES string of the molecule is CC(C)C[C@H](NC(=O)[C@H](Cc1ccccc1)n1c(=O)[nH]c2ccccc2c1=O)C(=O)N1CCC(C(=O)O)CC1. The van der Waals surface area contributed by atoms with Crippen molar-refractivity contribution in [3.05, 3.63) is 81.0 Å². The Bertz CT molecular complexity index is 1450. The fraction of sp³-hybridized carbons (Fsp3) is 0.414. The summed E-state index contributed by atoms with van der Waals surface area (Å²) in [6.07, 6.45) is 1.12. The monoisotopic (exact) mass is 534 g/mol. The zero-order valence-electron chi connectivity index (χ0n) is 22.1. The van der Waals surface area contributed by atoms with Crippen molar-refractivity contribution in [1.29, 1.82) is 0 Å². The molecule has 39 heavy (non-hydrogen) atoms. The van der Waals surface area contributed by atoms with E-state index in [1.54, 1.807) is 29.2 Å². The van der Waals surface area contributed by atoms with Crippen LogP contribution in [0.25, 0.3) is 10.9 Å². The van der Waals surface area contributed by atoms with Crippen LogP contribution in [0.4, 0.5) is 0 Å². The quantitative estimate of drug-likeness (QED) is 0.385. The lowest BCUT2D eigenvalue weighted by Gasteiger charge is -2.34. The number of rotatable bonds is 9. The lowest BCUT2D eigenvalue weighted by atomic mass is 9.95. The van der Waals surface area contributed by atoms with E-state index in [0.717, 1.165) is 10.1 Å². The number of likely N-dealkylation sites (tertiary alicyclic amines) is 1. The van der Waals surface area contributed by atoms with Gasteiger partial charge < -0.3 is 20.3 Å². The van der Waals surface area contributed by atoms with Crippen LogP contribution in [0.1, 0.15) is 44.7 Å². The van der Waals surface area contributed by atoms with Crippen molar-refractivity contribution >= 4 is 28.7 Å². The highest BCUT2D eigenvalue weighted by Gasteiger charge is 2.34. The summed E-state index contributed by atoms with van der Waals surface area (Å²) in [5.41, 5.74) is -0.176. The van der Waals surface area contributed by atoms with Gasteiger partial charge in [-0.15, -0.1) is 0 Å². The predicted octanol–water partition coefficient (Wildman–Crippen LogP) is 2.33. The molecular formula is C29H34N4O6. The number of carboxylic acids is 1. The molecule has 0 spiro atoms. The number of aromatic nitrogens is 2. The maximum atomic E-state index is 13.8. The van der Waals surface area contributed by atoms with Crippen molar-refractivity contribution in [1.82, 2.24) is 19.8 Å². The summed E-state index contributed by atoms with van der Waals surface area (Å²) in [6.45, 7) is 4.45. The first-order valence-electron chi connectivity index (χ1n) is 13.2. The van der Waals surface area contributed by atoms with E-state index in [0.29, 0.717) is 24.8 Å². The molecule has 206 valence electrons. The summed E-state index contributed by atoms with van der Waals surface area (Å²) in [4.78, 5) is 69.5. The van der Waals surface area contributed by atoms with Gasteiger partial charge in [-0.1, -0.05) is 56.3 Å². The van der Waals surface area contributed by atoms with Crippen molar-refractivity contribution in [3.8, 4) is 0 Å². The van der Waals surface area contributed by atoms with Gasteiger partial charge in [0.25, 0.3) is 5.56 Å². The second-order valence-electron chi connectivity index (χ2n) is 10.5. The molecule has 1 fully saturated rings. The summed E-state index contributed by atoms with van der Waals surface area (Å²) in [5, 5.41) is 12.4. The summed E-state index contributed by atoms with van der Waals surface area (Å²) >= 11 is 0. The first-order valence-corrected chi connectivity index (χ1v) is 13.2. The highest BCUT2D eigenvalue weighted by Crippen LogP contribution is 2.20. The Kier molecular flexibility index (Phi) is 8.63. The average Bonchev–Trinajstić information content (AvgIpc) is 2.92. The van der Waals surface area contributed by atoms with E-state index in [2.05, 4.69) is 10.3 Å². The molecule has 0 unspecified atom stereocenters. The fourth-order valence-electron chi connectivity index (χ4n) is 5.13. The number of benzene rings is 2. The van der Waals surface area contributed by atoms with E-state index in [-0.39, 0.29) is 36.7 Å². The van der Waals surface area contributed by atoms with Gasteiger partial charge in [-0.2, -0.15) is 0 Å². The van der Waals surface area contributed by atoms with Gasteiger partial charge in [0.2, 0.25) is 11.8 Å². The Morgan fingerprint density at radius 2 is 1.64 bits per heavy atom. The van der Waals surface area contributed by atoms with Gasteiger partial charge in [0, 0.05) is 19.5 Å². The van der Waals surface area contributed by atoms with Gasteiger partial charge in [-0.3, -0.25) is 19.2 Å². The predicted molar refractivity (Wildman–Crippen MR) is 146 cm³/mol. The number of hydrogen-bond acceptors (Lipinski definition) is 5. The molecule has 3 aromatic rings. The number of fused-ring (bicyclic) bond motifs is 1. The van der Waals surface area contributed by atoms with Crippen molar-refractivity contribution in [2.24, 2.45) is 11.8 Å². The number of piperidine rings is 1. The number of carbonyl (C=O) groups is 3. The lowest BCUT2D eigenvalue weighted by molar-refractivity contribution is -0.146. The number of aliphatic carboxylic acids is 1. The highest BCUT2D eigenvalue weighted by atomic mass is 16.4. The summed E-state index contributed by atoms with van der Waals surface area (Å²) in [7, 11) is 0. The maximum absolute atomic E-state index is 13.8. The fourth-order valence-corrected chi connectivity index (χ4v) is 5.13. The third-order valence-corrected chi connectivity index (χ3v) is 7.20. The highest BCUT2D eigenvalue weighted by molar-refractivity contribution is 5.89. The van der Waals surface area contributed by atoms with Gasteiger partial charge in [0.05, 0.1) is 16.8 Å². The number of amides is 2. The molecule has 10 heteroatoms. The number of nitrogens with one attached hydrogen (secondary N) is 2. The molecule has 1 saturated heterocycles. The number of aromatic amines is 1. The van der Waals surface area contributed by atoms with Crippen LogP contribution in [-0.4, -0.2) is 56.5 Å². The lowest BCUT2D eigenvalue weighted by Crippen LogP contribution is -2.54. The van der Waals surface area contributed by atoms with Crippen LogP contribution < -0.4 is 16.6 Å². The topological polar surface area (TPSA) is 142 Å². The Hall–Kier alpha value is -4.21. The van der Waals surface area contributed by atoms with Crippen LogP contribution >= 0.6 is 0 Å². The van der Waals surface area contributed by atoms with Gasteiger partial charge in [-0.25, -0.2) is 9.36 Å². The standard InChI is InChI=1S/C29H34N4O6/c1-18(2)16-23(27(36)32-14-12-20(13-15-32)28(37)38)30-25(34)24(17-19-8-4-3-5-9-19)33-26(35)21-10-6-7-11-22(21)31-29(33)39/h3-11,18,20,23-24H,12-17H2,1-2H3,(H,30,34)(H,31,39)(H,37,38)/t23-,24-/m0/s1. The van der Waals surface area contributed by atoms with Crippen LogP contribution in [-0.2, 0) is 20.8 Å². The molecule has 4 rings (SSSR count). The second kappa shape index (κ2) is 12.1. The van der Waals surface area contributed by atoms with Gasteiger partial charge in [-0.05, 0) is 42.9 Å². The molecule has 1 aromatic heterocycles. The number of nitrogens with zero attached hydrogens (tertiary/aromatic N) is 2. The van der Waals surface area contributed by atoms with Crippen molar-refractivity contribution in [2.45, 2.75) is 51.6 Å².